The van der Waals surface area contributed by atoms with Crippen molar-refractivity contribution >= 4 is 51.4 Å². The first-order valence-corrected chi connectivity index (χ1v) is 12.6. The van der Waals surface area contributed by atoms with Crippen LogP contribution in [0, 0.1) is 0 Å². The fourth-order valence-electron chi connectivity index (χ4n) is 4.21. The molecule has 180 valence electrons. The minimum atomic E-state index is -1.19. The van der Waals surface area contributed by atoms with E-state index < -0.39 is 16.5 Å². The summed E-state index contributed by atoms with van der Waals surface area (Å²) >= 11 is 6.38. The second-order valence-electron chi connectivity index (χ2n) is 8.49. The molecular weight excluding hydrogens is 478 g/mol. The Morgan fingerprint density at radius 2 is 2.06 bits per heavy atom. The third kappa shape index (κ3) is 4.38. The topological polar surface area (TPSA) is 126 Å². The van der Waals surface area contributed by atoms with E-state index in [1.807, 2.05) is 24.3 Å². The highest BCUT2D eigenvalue weighted by Gasteiger charge is 2.44. The number of carbonyl (C=O) groups is 2. The lowest BCUT2D eigenvalue weighted by Gasteiger charge is -2.46. The van der Waals surface area contributed by atoms with Crippen LogP contribution in [0.2, 0.25) is 5.02 Å². The number of aromatic nitrogens is 3. The third-order valence-corrected chi connectivity index (χ3v) is 6.82. The van der Waals surface area contributed by atoms with Crippen LogP contribution < -0.4 is 15.4 Å². The van der Waals surface area contributed by atoms with Gasteiger partial charge in [-0.25, -0.2) is 18.4 Å². The molecule has 1 saturated heterocycles. The van der Waals surface area contributed by atoms with E-state index in [4.69, 9.17) is 17.3 Å². The van der Waals surface area contributed by atoms with E-state index in [2.05, 4.69) is 14.8 Å². The number of anilines is 2. The van der Waals surface area contributed by atoms with E-state index in [1.165, 1.54) is 12.6 Å². The monoisotopic (exact) mass is 503 g/mol. The number of hydrogen-bond donors (Lipinski definition) is 2. The summed E-state index contributed by atoms with van der Waals surface area (Å²) in [5, 5.41) is 4.71. The average molecular weight is 504 g/mol. The molecule has 0 bridgehead atoms. The summed E-state index contributed by atoms with van der Waals surface area (Å²) in [6, 6.07) is 9.27. The number of nitrogens with zero attached hydrogens (tertiary/aromatic N) is 5. The standard InChI is InChI=1S/C22H26ClN7O3S/c1-22(2)21(32)28(9-10-29(22)18(31)7-8-27-34(3)33)15-6-4-5-14(11-15)17-12-16(23)19-20(24)25-13-26-30(17)19/h4-6,11-13,27H,7-10H2,1-3H3,(H2,24,25,26). The number of carbonyl (C=O) groups excluding carboxylic acids is 2. The third-order valence-electron chi connectivity index (χ3n) is 5.93. The molecule has 4 rings (SSSR count). The van der Waals surface area contributed by atoms with Gasteiger partial charge in [0.15, 0.2) is 5.82 Å². The Kier molecular flexibility index (Phi) is 6.61. The molecule has 1 aliphatic rings. The quantitative estimate of drug-likeness (QED) is 0.528. The molecule has 1 fully saturated rings. The van der Waals surface area contributed by atoms with Crippen molar-refractivity contribution in [2.24, 2.45) is 0 Å². The van der Waals surface area contributed by atoms with Gasteiger partial charge in [-0.2, -0.15) is 5.10 Å². The van der Waals surface area contributed by atoms with E-state index in [9.17, 15) is 13.8 Å². The molecule has 12 heteroatoms. The van der Waals surface area contributed by atoms with Gasteiger partial charge in [0, 0.05) is 43.6 Å². The molecule has 1 aliphatic heterocycles. The molecule has 34 heavy (non-hydrogen) atoms. The van der Waals surface area contributed by atoms with Crippen LogP contribution in [0.4, 0.5) is 11.5 Å². The molecule has 3 heterocycles. The van der Waals surface area contributed by atoms with Crippen molar-refractivity contribution < 1.29 is 13.8 Å². The molecule has 1 aromatic carbocycles. The molecular formula is C22H26ClN7O3S. The van der Waals surface area contributed by atoms with E-state index >= 15 is 0 Å². The smallest absolute Gasteiger partial charge is 0.252 e. The zero-order valence-corrected chi connectivity index (χ0v) is 20.7. The molecule has 0 spiro atoms. The number of nitrogens with one attached hydrogen (secondary N) is 1. The molecule has 10 nitrogen and oxygen atoms in total. The highest BCUT2D eigenvalue weighted by Crippen LogP contribution is 2.34. The summed E-state index contributed by atoms with van der Waals surface area (Å²) in [5.41, 5.74) is 7.70. The van der Waals surface area contributed by atoms with Gasteiger partial charge >= 0.3 is 0 Å². The summed E-state index contributed by atoms with van der Waals surface area (Å²) < 4.78 is 15.6. The molecule has 1 unspecified atom stereocenters. The first-order chi connectivity index (χ1) is 16.1. The fraction of sp³-hybridized carbons (Fsp3) is 0.364. The van der Waals surface area contributed by atoms with Crippen LogP contribution in [0.15, 0.2) is 36.7 Å². The lowest BCUT2D eigenvalue weighted by Crippen LogP contribution is -2.65. The van der Waals surface area contributed by atoms with Crippen molar-refractivity contribution in [3.63, 3.8) is 0 Å². The molecule has 3 aromatic rings. The first-order valence-electron chi connectivity index (χ1n) is 10.7. The van der Waals surface area contributed by atoms with Gasteiger partial charge < -0.3 is 15.5 Å². The summed E-state index contributed by atoms with van der Waals surface area (Å²) in [5.74, 6) is -0.0577. The fourth-order valence-corrected chi connectivity index (χ4v) is 4.88. The largest absolute Gasteiger partial charge is 0.382 e. The Morgan fingerprint density at radius 3 is 2.79 bits per heavy atom. The summed E-state index contributed by atoms with van der Waals surface area (Å²) in [7, 11) is -1.19. The number of benzene rings is 1. The van der Waals surface area contributed by atoms with Crippen LogP contribution in [0.3, 0.4) is 0 Å². The lowest BCUT2D eigenvalue weighted by molar-refractivity contribution is -0.147. The van der Waals surface area contributed by atoms with Crippen LogP contribution in [0.25, 0.3) is 16.8 Å². The lowest BCUT2D eigenvalue weighted by atomic mass is 9.96. The van der Waals surface area contributed by atoms with Crippen LogP contribution in [-0.4, -0.2) is 67.0 Å². The first kappa shape index (κ1) is 24.1. The van der Waals surface area contributed by atoms with Crippen LogP contribution >= 0.6 is 11.6 Å². The number of nitrogen functional groups attached to an aromatic ring is 1. The van der Waals surface area contributed by atoms with Crippen molar-refractivity contribution in [3.8, 4) is 11.3 Å². The Balaban J connectivity index is 1.60. The molecule has 0 radical (unpaired) electrons. The predicted molar refractivity (Wildman–Crippen MR) is 133 cm³/mol. The van der Waals surface area contributed by atoms with Crippen LogP contribution in [0.1, 0.15) is 20.3 Å². The maximum Gasteiger partial charge on any atom is 0.252 e. The maximum atomic E-state index is 13.5. The Hall–Kier alpha value is -3.02. The average Bonchev–Trinajstić information content (AvgIpc) is 3.13. The number of amides is 2. The molecule has 0 aliphatic carbocycles. The van der Waals surface area contributed by atoms with Crippen LogP contribution in [-0.2, 0) is 20.6 Å². The Labute approximate surface area is 204 Å². The molecule has 3 N–H and O–H groups in total. The van der Waals surface area contributed by atoms with Gasteiger partial charge in [-0.15, -0.1) is 0 Å². The Bertz CT molecular complexity index is 1290. The van der Waals surface area contributed by atoms with Gasteiger partial charge in [0.1, 0.15) is 17.4 Å². The SMILES string of the molecule is CS(=O)NCCC(=O)N1CCN(c2cccc(-c3cc(Cl)c4c(N)ncnn34)c2)C(=O)C1(C)C. The molecule has 2 aromatic heterocycles. The van der Waals surface area contributed by atoms with E-state index in [1.54, 1.807) is 34.2 Å². The predicted octanol–water partition coefficient (Wildman–Crippen LogP) is 1.86. The second kappa shape index (κ2) is 9.32. The maximum absolute atomic E-state index is 13.5. The number of hydrogen-bond acceptors (Lipinski definition) is 6. The Morgan fingerprint density at radius 1 is 1.29 bits per heavy atom. The highest BCUT2D eigenvalue weighted by molar-refractivity contribution is 7.82. The number of halogens is 1. The second-order valence-corrected chi connectivity index (χ2v) is 10.1. The van der Waals surface area contributed by atoms with Gasteiger partial charge in [-0.1, -0.05) is 23.7 Å². The summed E-state index contributed by atoms with van der Waals surface area (Å²) in [6.45, 7) is 4.52. The summed E-state index contributed by atoms with van der Waals surface area (Å²) in [6.07, 6.45) is 3.04. The van der Waals surface area contributed by atoms with Crippen molar-refractivity contribution in [2.45, 2.75) is 25.8 Å². The highest BCUT2D eigenvalue weighted by atomic mass is 35.5. The number of piperazine rings is 1. The number of nitrogens with two attached hydrogens (primary N) is 1. The van der Waals surface area contributed by atoms with E-state index in [-0.39, 0.29) is 30.6 Å². The van der Waals surface area contributed by atoms with Gasteiger partial charge in [0.05, 0.1) is 21.7 Å². The normalized spacial score (nSPS) is 16.8. The van der Waals surface area contributed by atoms with Gasteiger partial charge in [-0.3, -0.25) is 9.59 Å². The van der Waals surface area contributed by atoms with E-state index in [0.717, 1.165) is 11.3 Å². The minimum absolute atomic E-state index is 0.156. The van der Waals surface area contributed by atoms with Gasteiger partial charge in [0.2, 0.25) is 5.91 Å². The van der Waals surface area contributed by atoms with Gasteiger partial charge in [0.25, 0.3) is 5.91 Å². The number of fused-ring (bicyclic) bond motifs is 1. The molecule has 2 amide bonds. The number of rotatable bonds is 6. The van der Waals surface area contributed by atoms with Gasteiger partial charge in [-0.05, 0) is 32.0 Å². The zero-order chi connectivity index (χ0) is 24.6. The minimum Gasteiger partial charge on any atom is -0.382 e. The van der Waals surface area contributed by atoms with Crippen molar-refractivity contribution in [2.75, 3.05) is 36.5 Å². The molecule has 1 atom stereocenters. The van der Waals surface area contributed by atoms with Crippen molar-refractivity contribution in [1.29, 1.82) is 0 Å². The summed E-state index contributed by atoms with van der Waals surface area (Å²) in [4.78, 5) is 33.5. The van der Waals surface area contributed by atoms with Crippen molar-refractivity contribution in [3.05, 3.63) is 41.7 Å². The van der Waals surface area contributed by atoms with Crippen LogP contribution in [0.5, 0.6) is 0 Å². The van der Waals surface area contributed by atoms with E-state index in [0.29, 0.717) is 29.3 Å². The zero-order valence-electron chi connectivity index (χ0n) is 19.1. The molecule has 0 saturated carbocycles. The van der Waals surface area contributed by atoms with Crippen molar-refractivity contribution in [1.82, 2.24) is 24.2 Å².